The number of rotatable bonds is 6. The highest BCUT2D eigenvalue weighted by atomic mass is 31.2. The number of nitrogens with zero attached hydrogens (tertiary/aromatic N) is 3. The molecule has 0 fully saturated rings. The molecule has 28 heavy (non-hydrogen) atoms. The normalized spacial score (nSPS) is 12.6. The minimum Gasteiger partial charge on any atom is -0.305 e. The summed E-state index contributed by atoms with van der Waals surface area (Å²) in [5, 5.41) is 5.26. The fourth-order valence-electron chi connectivity index (χ4n) is 2.83. The second kappa shape index (κ2) is 7.66. The maximum absolute atomic E-state index is 12.9. The molecule has 6 nitrogen and oxygen atoms in total. The minimum atomic E-state index is -4.46. The Morgan fingerprint density at radius 2 is 1.79 bits per heavy atom. The zero-order chi connectivity index (χ0) is 20.5. The van der Waals surface area contributed by atoms with Crippen molar-refractivity contribution in [2.75, 3.05) is 13.2 Å². The van der Waals surface area contributed by atoms with Crippen molar-refractivity contribution in [3.8, 4) is 5.82 Å². The van der Waals surface area contributed by atoms with Crippen molar-refractivity contribution in [3.05, 3.63) is 47.8 Å². The Balaban J connectivity index is 2.05. The highest BCUT2D eigenvalue weighted by molar-refractivity contribution is 7.62. The Kier molecular flexibility index (Phi) is 5.61. The van der Waals surface area contributed by atoms with E-state index in [1.807, 2.05) is 0 Å². The van der Waals surface area contributed by atoms with Crippen molar-refractivity contribution in [1.82, 2.24) is 14.8 Å². The van der Waals surface area contributed by atoms with Gasteiger partial charge in [-0.25, -0.2) is 9.67 Å². The number of halogens is 3. The number of hydrogen-bond donors (Lipinski definition) is 0. The van der Waals surface area contributed by atoms with Crippen LogP contribution in [-0.4, -0.2) is 28.0 Å². The van der Waals surface area contributed by atoms with E-state index in [0.717, 1.165) is 12.3 Å². The summed E-state index contributed by atoms with van der Waals surface area (Å²) in [4.78, 5) is 3.94. The molecule has 0 atom stereocenters. The van der Waals surface area contributed by atoms with Crippen molar-refractivity contribution in [2.24, 2.45) is 0 Å². The number of benzene rings is 1. The van der Waals surface area contributed by atoms with E-state index in [1.54, 1.807) is 32.0 Å². The lowest BCUT2D eigenvalue weighted by molar-refractivity contribution is -0.137. The fourth-order valence-corrected chi connectivity index (χ4v) is 4.44. The molecule has 0 N–H and O–H groups in total. The predicted octanol–water partition coefficient (Wildman–Crippen LogP) is 4.64. The van der Waals surface area contributed by atoms with Gasteiger partial charge in [0, 0.05) is 11.6 Å². The number of aromatic nitrogens is 3. The van der Waals surface area contributed by atoms with E-state index in [1.165, 1.54) is 17.8 Å². The van der Waals surface area contributed by atoms with Crippen LogP contribution in [-0.2, 0) is 19.8 Å². The van der Waals surface area contributed by atoms with E-state index < -0.39 is 19.3 Å². The van der Waals surface area contributed by atoms with Crippen LogP contribution in [0.25, 0.3) is 16.7 Å². The Morgan fingerprint density at radius 3 is 2.36 bits per heavy atom. The van der Waals surface area contributed by atoms with Crippen molar-refractivity contribution in [1.29, 1.82) is 0 Å². The van der Waals surface area contributed by atoms with Gasteiger partial charge in [-0.3, -0.25) is 4.57 Å². The lowest BCUT2D eigenvalue weighted by atomic mass is 10.2. The summed E-state index contributed by atoms with van der Waals surface area (Å²) >= 11 is 0. The van der Waals surface area contributed by atoms with Crippen LogP contribution >= 0.6 is 7.60 Å². The number of fused-ring (bicyclic) bond motifs is 1. The molecule has 0 aliphatic rings. The van der Waals surface area contributed by atoms with E-state index in [2.05, 4.69) is 10.1 Å². The lowest BCUT2D eigenvalue weighted by Gasteiger charge is -2.17. The lowest BCUT2D eigenvalue weighted by Crippen LogP contribution is -2.11. The van der Waals surface area contributed by atoms with Crippen LogP contribution in [0.5, 0.6) is 0 Å². The van der Waals surface area contributed by atoms with Gasteiger partial charge < -0.3 is 9.05 Å². The molecule has 0 spiro atoms. The monoisotopic (exact) mass is 413 g/mol. The first-order valence-corrected chi connectivity index (χ1v) is 10.2. The molecule has 2 heterocycles. The van der Waals surface area contributed by atoms with E-state index in [0.29, 0.717) is 21.8 Å². The summed E-state index contributed by atoms with van der Waals surface area (Å²) in [5.41, 5.74) is 0.124. The third-order valence-electron chi connectivity index (χ3n) is 4.04. The Bertz CT molecular complexity index is 1040. The first kappa shape index (κ1) is 20.5. The van der Waals surface area contributed by atoms with Crippen LogP contribution in [0.3, 0.4) is 0 Å². The van der Waals surface area contributed by atoms with Crippen molar-refractivity contribution >= 4 is 23.8 Å². The molecule has 0 amide bonds. The van der Waals surface area contributed by atoms with Crippen LogP contribution in [0.15, 0.2) is 36.7 Å². The molecule has 3 rings (SSSR count). The molecule has 0 saturated carbocycles. The van der Waals surface area contributed by atoms with Gasteiger partial charge >= 0.3 is 13.8 Å². The quantitative estimate of drug-likeness (QED) is 0.551. The molecule has 0 radical (unpaired) electrons. The van der Waals surface area contributed by atoms with Crippen molar-refractivity contribution < 1.29 is 26.8 Å². The van der Waals surface area contributed by atoms with Gasteiger partial charge in [0.05, 0.1) is 35.8 Å². The van der Waals surface area contributed by atoms with Gasteiger partial charge in [-0.15, -0.1) is 0 Å². The molecule has 10 heteroatoms. The van der Waals surface area contributed by atoms with E-state index >= 15 is 0 Å². The SMILES string of the molecule is CCOP(=O)(OCC)c1ccc2c(cnn2-c2ncc(C(F)(F)F)cc2C)c1. The minimum absolute atomic E-state index is 0.225. The molecule has 1 aromatic carbocycles. The van der Waals surface area contributed by atoms with Crippen molar-refractivity contribution in [3.63, 3.8) is 0 Å². The molecule has 0 bridgehead atoms. The summed E-state index contributed by atoms with van der Waals surface area (Å²) in [6.45, 7) is 5.44. The van der Waals surface area contributed by atoms with Crippen LogP contribution in [0, 0.1) is 6.92 Å². The Hall–Kier alpha value is -2.22. The van der Waals surface area contributed by atoms with Crippen LogP contribution in [0.1, 0.15) is 25.0 Å². The van der Waals surface area contributed by atoms with Gasteiger partial charge in [0.2, 0.25) is 0 Å². The molecular weight excluding hydrogens is 394 g/mol. The summed E-state index contributed by atoms with van der Waals surface area (Å²) in [5.74, 6) is 0.286. The smallest absolute Gasteiger partial charge is 0.305 e. The van der Waals surface area contributed by atoms with Gasteiger partial charge in [-0.05, 0) is 50.6 Å². The van der Waals surface area contributed by atoms with Crippen LogP contribution in [0.2, 0.25) is 0 Å². The first-order valence-electron chi connectivity index (χ1n) is 8.61. The molecule has 0 aliphatic heterocycles. The topological polar surface area (TPSA) is 66.2 Å². The standard InChI is InChI=1S/C18H19F3N3O3P/c1-4-26-28(25,27-5-2)15-6-7-16-13(9-15)10-23-24(16)17-12(3)8-14(11-22-17)18(19,20)21/h6-11H,4-5H2,1-3H3. The summed E-state index contributed by atoms with van der Waals surface area (Å²) in [6, 6.07) is 5.94. The van der Waals surface area contributed by atoms with Crippen LogP contribution in [0.4, 0.5) is 13.2 Å². The molecule has 0 saturated heterocycles. The van der Waals surface area contributed by atoms with Gasteiger partial charge in [-0.2, -0.15) is 18.3 Å². The Labute approximate surface area is 159 Å². The highest BCUT2D eigenvalue weighted by Crippen LogP contribution is 2.47. The zero-order valence-corrected chi connectivity index (χ0v) is 16.4. The van der Waals surface area contributed by atoms with E-state index in [4.69, 9.17) is 9.05 Å². The largest absolute Gasteiger partial charge is 0.417 e. The third kappa shape index (κ3) is 3.83. The van der Waals surface area contributed by atoms with E-state index in [9.17, 15) is 17.7 Å². The average Bonchev–Trinajstić information content (AvgIpc) is 3.04. The molecule has 150 valence electrons. The molecule has 2 aromatic heterocycles. The summed E-state index contributed by atoms with van der Waals surface area (Å²) < 4.78 is 63.7. The predicted molar refractivity (Wildman–Crippen MR) is 99.1 cm³/mol. The first-order chi connectivity index (χ1) is 13.2. The second-order valence-corrected chi connectivity index (χ2v) is 8.02. The maximum Gasteiger partial charge on any atom is 0.417 e. The molecule has 0 aliphatic carbocycles. The number of alkyl halides is 3. The maximum atomic E-state index is 12.9. The third-order valence-corrected chi connectivity index (χ3v) is 6.15. The van der Waals surface area contributed by atoms with E-state index in [-0.39, 0.29) is 19.0 Å². The zero-order valence-electron chi connectivity index (χ0n) is 15.5. The van der Waals surface area contributed by atoms with Gasteiger partial charge in [0.15, 0.2) is 5.82 Å². The molecular formula is C18H19F3N3O3P. The number of aryl methyl sites for hydroxylation is 1. The Morgan fingerprint density at radius 1 is 1.11 bits per heavy atom. The van der Waals surface area contributed by atoms with Crippen molar-refractivity contribution in [2.45, 2.75) is 26.9 Å². The second-order valence-electron chi connectivity index (χ2n) is 5.99. The molecule has 0 unspecified atom stereocenters. The van der Waals surface area contributed by atoms with Crippen LogP contribution < -0.4 is 5.30 Å². The van der Waals surface area contributed by atoms with Gasteiger partial charge in [0.1, 0.15) is 0 Å². The number of hydrogen-bond acceptors (Lipinski definition) is 5. The number of pyridine rings is 1. The molecule has 3 aromatic rings. The summed E-state index contributed by atoms with van der Waals surface area (Å²) in [6.07, 6.45) is -2.15. The summed E-state index contributed by atoms with van der Waals surface area (Å²) in [7, 11) is -3.45. The van der Waals surface area contributed by atoms with Gasteiger partial charge in [0.25, 0.3) is 0 Å². The highest BCUT2D eigenvalue weighted by Gasteiger charge is 2.32. The van der Waals surface area contributed by atoms with Gasteiger partial charge in [-0.1, -0.05) is 0 Å². The average molecular weight is 413 g/mol. The fraction of sp³-hybridized carbons (Fsp3) is 0.333.